The lowest BCUT2D eigenvalue weighted by Crippen LogP contribution is -2.40. The number of nitrogens with zero attached hydrogens (tertiary/aromatic N) is 2. The van der Waals surface area contributed by atoms with Crippen LogP contribution in [-0.2, 0) is 0 Å². The van der Waals surface area contributed by atoms with Crippen LogP contribution in [0.1, 0.15) is 30.3 Å². The second-order valence-corrected chi connectivity index (χ2v) is 5.92. The molecule has 0 radical (unpaired) electrons. The van der Waals surface area contributed by atoms with E-state index < -0.39 is 0 Å². The van der Waals surface area contributed by atoms with Crippen molar-refractivity contribution >= 4 is 16.8 Å². The highest BCUT2D eigenvalue weighted by molar-refractivity contribution is 6.04. The number of hydrogen-bond donors (Lipinski definition) is 2. The van der Waals surface area contributed by atoms with E-state index in [9.17, 15) is 4.79 Å². The summed E-state index contributed by atoms with van der Waals surface area (Å²) in [4.78, 5) is 14.6. The first-order valence-corrected chi connectivity index (χ1v) is 7.67. The number of likely N-dealkylation sites (tertiary alicyclic amines) is 1. The fourth-order valence-electron chi connectivity index (χ4n) is 3.04. The van der Waals surface area contributed by atoms with Gasteiger partial charge in [-0.25, -0.2) is 0 Å². The van der Waals surface area contributed by atoms with E-state index in [2.05, 4.69) is 27.3 Å². The van der Waals surface area contributed by atoms with Crippen molar-refractivity contribution in [3.8, 4) is 0 Å². The van der Waals surface area contributed by atoms with Gasteiger partial charge in [0.1, 0.15) is 0 Å². The summed E-state index contributed by atoms with van der Waals surface area (Å²) in [5.41, 5.74) is 1.38. The van der Waals surface area contributed by atoms with Gasteiger partial charge in [0.15, 0.2) is 5.69 Å². The molecule has 1 fully saturated rings. The van der Waals surface area contributed by atoms with E-state index in [0.29, 0.717) is 12.2 Å². The molecule has 5 nitrogen and oxygen atoms in total. The van der Waals surface area contributed by atoms with E-state index in [1.165, 1.54) is 12.8 Å². The van der Waals surface area contributed by atoms with Crippen LogP contribution >= 0.6 is 0 Å². The highest BCUT2D eigenvalue weighted by Crippen LogP contribution is 2.15. The number of hydrogen-bond acceptors (Lipinski definition) is 3. The number of amides is 1. The number of piperidine rings is 1. The number of aromatic nitrogens is 2. The Morgan fingerprint density at radius 1 is 1.48 bits per heavy atom. The maximum Gasteiger partial charge on any atom is 0.272 e. The topological polar surface area (TPSA) is 61.0 Å². The Morgan fingerprint density at radius 3 is 3.19 bits per heavy atom. The van der Waals surface area contributed by atoms with Gasteiger partial charge in [-0.3, -0.25) is 9.89 Å². The van der Waals surface area contributed by atoms with Gasteiger partial charge in [0.25, 0.3) is 5.91 Å². The molecule has 0 saturated carbocycles. The summed E-state index contributed by atoms with van der Waals surface area (Å²) >= 11 is 0. The van der Waals surface area contributed by atoms with Crippen molar-refractivity contribution in [1.29, 1.82) is 0 Å². The lowest BCUT2D eigenvalue weighted by atomic mass is 10.0. The number of fused-ring (bicyclic) bond motifs is 1. The Morgan fingerprint density at radius 2 is 2.33 bits per heavy atom. The predicted molar refractivity (Wildman–Crippen MR) is 83.3 cm³/mol. The molecule has 2 N–H and O–H groups in total. The molecular weight excluding hydrogens is 264 g/mol. The number of benzene rings is 1. The van der Waals surface area contributed by atoms with Gasteiger partial charge in [0.05, 0.1) is 5.52 Å². The first-order chi connectivity index (χ1) is 10.2. The van der Waals surface area contributed by atoms with Gasteiger partial charge in [0.2, 0.25) is 0 Å². The quantitative estimate of drug-likeness (QED) is 0.904. The summed E-state index contributed by atoms with van der Waals surface area (Å²) in [6, 6.07) is 7.69. The number of aromatic amines is 1. The molecule has 112 valence electrons. The largest absolute Gasteiger partial charge is 0.349 e. The van der Waals surface area contributed by atoms with Gasteiger partial charge in [-0.15, -0.1) is 0 Å². The van der Waals surface area contributed by atoms with Crippen LogP contribution in [0.15, 0.2) is 24.3 Å². The summed E-state index contributed by atoms with van der Waals surface area (Å²) in [7, 11) is 0. The van der Waals surface area contributed by atoms with Crippen molar-refractivity contribution in [3.63, 3.8) is 0 Å². The third-order valence-electron chi connectivity index (χ3n) is 4.14. The maximum atomic E-state index is 12.2. The Labute approximate surface area is 124 Å². The second kappa shape index (κ2) is 6.26. The molecule has 1 aliphatic heterocycles. The zero-order chi connectivity index (χ0) is 14.7. The third kappa shape index (κ3) is 3.24. The number of carbonyl (C=O) groups is 1. The molecule has 2 aromatic rings. The number of nitrogens with one attached hydrogen (secondary N) is 2. The number of para-hydroxylation sites is 1. The molecule has 1 aliphatic rings. The van der Waals surface area contributed by atoms with Crippen molar-refractivity contribution in [2.45, 2.75) is 19.8 Å². The highest BCUT2D eigenvalue weighted by Gasteiger charge is 2.17. The van der Waals surface area contributed by atoms with E-state index >= 15 is 0 Å². The molecule has 1 amide bonds. The second-order valence-electron chi connectivity index (χ2n) is 5.92. The van der Waals surface area contributed by atoms with Gasteiger partial charge in [-0.2, -0.15) is 5.10 Å². The van der Waals surface area contributed by atoms with Crippen molar-refractivity contribution in [2.24, 2.45) is 5.92 Å². The Balaban J connectivity index is 1.54. The molecule has 0 spiro atoms. The highest BCUT2D eigenvalue weighted by atomic mass is 16.1. The van der Waals surface area contributed by atoms with E-state index in [1.807, 2.05) is 24.3 Å². The Kier molecular flexibility index (Phi) is 4.20. The van der Waals surface area contributed by atoms with Crippen LogP contribution in [0.3, 0.4) is 0 Å². The van der Waals surface area contributed by atoms with E-state index in [4.69, 9.17) is 0 Å². The van der Waals surface area contributed by atoms with Crippen molar-refractivity contribution in [2.75, 3.05) is 26.2 Å². The van der Waals surface area contributed by atoms with Crippen LogP contribution in [0.5, 0.6) is 0 Å². The number of carbonyl (C=O) groups excluding carboxylic acids is 1. The molecule has 0 aliphatic carbocycles. The summed E-state index contributed by atoms with van der Waals surface area (Å²) in [6.45, 7) is 6.17. The summed E-state index contributed by atoms with van der Waals surface area (Å²) in [5.74, 6) is 0.669. The Bertz CT molecular complexity index is 622. The zero-order valence-electron chi connectivity index (χ0n) is 12.4. The van der Waals surface area contributed by atoms with Crippen LogP contribution in [0.2, 0.25) is 0 Å². The minimum Gasteiger partial charge on any atom is -0.349 e. The maximum absolute atomic E-state index is 12.2. The van der Waals surface area contributed by atoms with E-state index in [0.717, 1.165) is 36.5 Å². The van der Waals surface area contributed by atoms with Gasteiger partial charge in [-0.05, 0) is 31.4 Å². The molecule has 21 heavy (non-hydrogen) atoms. The van der Waals surface area contributed by atoms with Gasteiger partial charge in [0, 0.05) is 25.0 Å². The standard InChI is InChI=1S/C16H22N4O/c1-12-5-4-9-20(11-12)10-8-17-16(21)15-13-6-2-3-7-14(13)18-19-15/h2-3,6-7,12H,4-5,8-11H2,1H3,(H,17,21)(H,18,19)/t12-/m1/s1. The van der Waals surface area contributed by atoms with Gasteiger partial charge in [-0.1, -0.05) is 25.1 Å². The summed E-state index contributed by atoms with van der Waals surface area (Å²) < 4.78 is 0. The zero-order valence-corrected chi connectivity index (χ0v) is 12.4. The monoisotopic (exact) mass is 286 g/mol. The molecule has 5 heteroatoms. The molecule has 0 unspecified atom stereocenters. The van der Waals surface area contributed by atoms with Gasteiger partial charge < -0.3 is 10.2 Å². The Hall–Kier alpha value is -1.88. The first-order valence-electron chi connectivity index (χ1n) is 7.67. The van der Waals surface area contributed by atoms with Crippen LogP contribution in [-0.4, -0.2) is 47.2 Å². The number of rotatable bonds is 4. The molecule has 0 bridgehead atoms. The van der Waals surface area contributed by atoms with Gasteiger partial charge >= 0.3 is 0 Å². The SMILES string of the molecule is C[C@@H]1CCCN(CCNC(=O)c2n[nH]c3ccccc23)C1. The van der Waals surface area contributed by atoms with Crippen LogP contribution in [0.25, 0.3) is 10.9 Å². The lowest BCUT2D eigenvalue weighted by Gasteiger charge is -2.30. The van der Waals surface area contributed by atoms with Crippen molar-refractivity contribution < 1.29 is 4.79 Å². The molecule has 3 rings (SSSR count). The summed E-state index contributed by atoms with van der Waals surface area (Å²) in [5, 5.41) is 10.9. The molecule has 2 heterocycles. The molecule has 1 saturated heterocycles. The van der Waals surface area contributed by atoms with Crippen LogP contribution in [0, 0.1) is 5.92 Å². The average Bonchev–Trinajstić information content (AvgIpc) is 2.91. The lowest BCUT2D eigenvalue weighted by molar-refractivity contribution is 0.0940. The normalized spacial score (nSPS) is 19.8. The number of H-pyrrole nitrogens is 1. The van der Waals surface area contributed by atoms with Crippen LogP contribution in [0.4, 0.5) is 0 Å². The summed E-state index contributed by atoms with van der Waals surface area (Å²) in [6.07, 6.45) is 2.58. The first kappa shape index (κ1) is 14.1. The molecule has 1 aromatic heterocycles. The predicted octanol–water partition coefficient (Wildman–Crippen LogP) is 2.02. The minimum atomic E-state index is -0.0995. The fraction of sp³-hybridized carbons (Fsp3) is 0.500. The minimum absolute atomic E-state index is 0.0995. The van der Waals surface area contributed by atoms with Crippen molar-refractivity contribution in [3.05, 3.63) is 30.0 Å². The average molecular weight is 286 g/mol. The van der Waals surface area contributed by atoms with Crippen LogP contribution < -0.4 is 5.32 Å². The third-order valence-corrected chi connectivity index (χ3v) is 4.14. The molecule has 1 atom stereocenters. The molecule has 1 aromatic carbocycles. The van der Waals surface area contributed by atoms with E-state index in [1.54, 1.807) is 0 Å². The van der Waals surface area contributed by atoms with Crippen molar-refractivity contribution in [1.82, 2.24) is 20.4 Å². The fourth-order valence-corrected chi connectivity index (χ4v) is 3.04. The smallest absolute Gasteiger partial charge is 0.272 e. The molecular formula is C16H22N4O. The van der Waals surface area contributed by atoms with E-state index in [-0.39, 0.29) is 5.91 Å².